The van der Waals surface area contributed by atoms with Crippen LogP contribution in [0.2, 0.25) is 10.0 Å². The van der Waals surface area contributed by atoms with E-state index in [0.717, 1.165) is 4.31 Å². The van der Waals surface area contributed by atoms with Crippen LogP contribution >= 0.6 is 23.2 Å². The zero-order chi connectivity index (χ0) is 28.7. The van der Waals surface area contributed by atoms with Crippen molar-refractivity contribution in [3.63, 3.8) is 0 Å². The molecule has 3 aromatic carbocycles. The fourth-order valence-corrected chi connectivity index (χ4v) is 5.44. The van der Waals surface area contributed by atoms with Crippen molar-refractivity contribution in [2.45, 2.75) is 50.7 Å². The molecule has 0 saturated carbocycles. The number of hydrogen-bond donors (Lipinski definition) is 1. The third-order valence-electron chi connectivity index (χ3n) is 6.21. The molecule has 0 aliphatic carbocycles. The van der Waals surface area contributed by atoms with Crippen LogP contribution < -0.4 is 9.62 Å². The van der Waals surface area contributed by atoms with Crippen LogP contribution in [0.1, 0.15) is 32.8 Å². The summed E-state index contributed by atoms with van der Waals surface area (Å²) < 4.78 is 42.0. The number of sulfonamides is 1. The molecule has 0 bridgehead atoms. The maximum Gasteiger partial charge on any atom is 0.264 e. The zero-order valence-corrected chi connectivity index (χ0v) is 24.1. The van der Waals surface area contributed by atoms with Crippen molar-refractivity contribution >= 4 is 50.7 Å². The van der Waals surface area contributed by atoms with Gasteiger partial charge >= 0.3 is 0 Å². The van der Waals surface area contributed by atoms with Crippen LogP contribution in [0.3, 0.4) is 0 Å². The highest BCUT2D eigenvalue weighted by molar-refractivity contribution is 7.92. The SMILES string of the molecule is CC[C@@H](C)NC(=O)[C@@H](C)N(Cc1ccc(F)cc1)C(=O)CN(c1cccc(Cl)c1)S(=O)(=O)c1ccc(Cl)cc1. The smallest absolute Gasteiger partial charge is 0.264 e. The molecular formula is C28H30Cl2FN3O4S. The molecule has 3 aromatic rings. The molecule has 0 aromatic heterocycles. The van der Waals surface area contributed by atoms with Gasteiger partial charge in [-0.25, -0.2) is 12.8 Å². The second kappa shape index (κ2) is 13.3. The van der Waals surface area contributed by atoms with Crippen LogP contribution in [-0.2, 0) is 26.2 Å². The lowest BCUT2D eigenvalue weighted by Gasteiger charge is -2.32. The third-order valence-corrected chi connectivity index (χ3v) is 8.49. The van der Waals surface area contributed by atoms with Crippen LogP contribution in [0, 0.1) is 5.82 Å². The van der Waals surface area contributed by atoms with Gasteiger partial charge in [-0.1, -0.05) is 48.3 Å². The van der Waals surface area contributed by atoms with Crippen molar-refractivity contribution in [2.24, 2.45) is 0 Å². The average Bonchev–Trinajstić information content (AvgIpc) is 2.90. The van der Waals surface area contributed by atoms with E-state index in [2.05, 4.69) is 5.32 Å². The van der Waals surface area contributed by atoms with Crippen LogP contribution in [-0.4, -0.2) is 43.8 Å². The molecule has 0 saturated heterocycles. The number of nitrogens with one attached hydrogen (secondary N) is 1. The first-order valence-electron chi connectivity index (χ1n) is 12.3. The lowest BCUT2D eigenvalue weighted by atomic mass is 10.1. The van der Waals surface area contributed by atoms with Crippen LogP contribution in [0.25, 0.3) is 0 Å². The fourth-order valence-electron chi connectivity index (χ4n) is 3.73. The minimum absolute atomic E-state index is 0.0431. The minimum Gasteiger partial charge on any atom is -0.352 e. The molecule has 0 spiro atoms. The van der Waals surface area contributed by atoms with Crippen molar-refractivity contribution < 1.29 is 22.4 Å². The molecular weight excluding hydrogens is 564 g/mol. The fraction of sp³-hybridized carbons (Fsp3) is 0.286. The summed E-state index contributed by atoms with van der Waals surface area (Å²) in [5.41, 5.74) is 0.743. The van der Waals surface area contributed by atoms with Gasteiger partial charge in [-0.05, 0) is 80.4 Å². The first-order chi connectivity index (χ1) is 18.4. The van der Waals surface area contributed by atoms with Crippen molar-refractivity contribution in [2.75, 3.05) is 10.8 Å². The van der Waals surface area contributed by atoms with Gasteiger partial charge in [0.1, 0.15) is 18.4 Å². The largest absolute Gasteiger partial charge is 0.352 e. The van der Waals surface area contributed by atoms with E-state index in [1.165, 1.54) is 65.6 Å². The second-order valence-electron chi connectivity index (χ2n) is 9.09. The van der Waals surface area contributed by atoms with Gasteiger partial charge < -0.3 is 10.2 Å². The number of carbonyl (C=O) groups is 2. The Bertz CT molecular complexity index is 1400. The number of halogens is 3. The summed E-state index contributed by atoms with van der Waals surface area (Å²) in [4.78, 5) is 28.1. The number of anilines is 1. The molecule has 39 heavy (non-hydrogen) atoms. The van der Waals surface area contributed by atoms with Crippen molar-refractivity contribution in [3.05, 3.63) is 94.2 Å². The molecule has 2 atom stereocenters. The van der Waals surface area contributed by atoms with E-state index in [0.29, 0.717) is 17.0 Å². The predicted octanol–water partition coefficient (Wildman–Crippen LogP) is 5.66. The summed E-state index contributed by atoms with van der Waals surface area (Å²) in [6, 6.07) is 16.1. The van der Waals surface area contributed by atoms with Gasteiger partial charge in [-0.3, -0.25) is 13.9 Å². The summed E-state index contributed by atoms with van der Waals surface area (Å²) in [7, 11) is -4.25. The van der Waals surface area contributed by atoms with Crippen molar-refractivity contribution in [3.8, 4) is 0 Å². The summed E-state index contributed by atoms with van der Waals surface area (Å²) in [5, 5.41) is 3.49. The van der Waals surface area contributed by atoms with Crippen LogP contribution in [0.15, 0.2) is 77.7 Å². The van der Waals surface area contributed by atoms with E-state index in [-0.39, 0.29) is 28.2 Å². The summed E-state index contributed by atoms with van der Waals surface area (Å²) in [6.45, 7) is 4.67. The molecule has 3 rings (SSSR count). The standard InChI is InChI=1S/C28H30Cl2FN3O4S/c1-4-19(2)32-28(36)20(3)33(17-21-8-12-24(31)13-9-21)27(35)18-34(25-7-5-6-23(30)16-25)39(37,38)26-14-10-22(29)11-15-26/h5-16,19-20H,4,17-18H2,1-3H3,(H,32,36)/t19-,20-/m1/s1. The van der Waals surface area contributed by atoms with Gasteiger partial charge in [-0.2, -0.15) is 0 Å². The van der Waals surface area contributed by atoms with E-state index < -0.39 is 40.2 Å². The van der Waals surface area contributed by atoms with Crippen molar-refractivity contribution in [1.82, 2.24) is 10.2 Å². The highest BCUT2D eigenvalue weighted by Gasteiger charge is 2.33. The maximum atomic E-state index is 13.8. The molecule has 0 radical (unpaired) electrons. The Hall–Kier alpha value is -3.14. The molecule has 0 aliphatic heterocycles. The Morgan fingerprint density at radius 3 is 2.18 bits per heavy atom. The monoisotopic (exact) mass is 593 g/mol. The zero-order valence-electron chi connectivity index (χ0n) is 21.8. The van der Waals surface area contributed by atoms with Crippen LogP contribution in [0.5, 0.6) is 0 Å². The highest BCUT2D eigenvalue weighted by Crippen LogP contribution is 2.27. The van der Waals surface area contributed by atoms with E-state index in [9.17, 15) is 22.4 Å². The molecule has 7 nitrogen and oxygen atoms in total. The molecule has 208 valence electrons. The maximum absolute atomic E-state index is 13.8. The summed E-state index contributed by atoms with van der Waals surface area (Å²) in [6.07, 6.45) is 0.687. The molecule has 0 fully saturated rings. The molecule has 1 N–H and O–H groups in total. The molecule has 0 aliphatic rings. The second-order valence-corrected chi connectivity index (χ2v) is 11.8. The average molecular weight is 595 g/mol. The Morgan fingerprint density at radius 1 is 0.949 bits per heavy atom. The van der Waals surface area contributed by atoms with Gasteiger partial charge in [0.15, 0.2) is 0 Å². The van der Waals surface area contributed by atoms with E-state index in [4.69, 9.17) is 23.2 Å². The number of benzene rings is 3. The number of hydrogen-bond acceptors (Lipinski definition) is 4. The Morgan fingerprint density at radius 2 is 1.59 bits per heavy atom. The van der Waals surface area contributed by atoms with E-state index in [1.807, 2.05) is 13.8 Å². The number of rotatable bonds is 11. The predicted molar refractivity (Wildman–Crippen MR) is 152 cm³/mol. The highest BCUT2D eigenvalue weighted by atomic mass is 35.5. The first kappa shape index (κ1) is 30.4. The Balaban J connectivity index is 2.02. The summed E-state index contributed by atoms with van der Waals surface area (Å²) >= 11 is 12.1. The molecule has 0 unspecified atom stereocenters. The Labute approximate surface area is 238 Å². The number of carbonyl (C=O) groups excluding carboxylic acids is 2. The molecule has 2 amide bonds. The lowest BCUT2D eigenvalue weighted by molar-refractivity contribution is -0.139. The quantitative estimate of drug-likeness (QED) is 0.311. The number of nitrogens with zero attached hydrogens (tertiary/aromatic N) is 2. The minimum atomic E-state index is -4.25. The topological polar surface area (TPSA) is 86.8 Å². The number of amides is 2. The Kier molecular flexibility index (Phi) is 10.4. The van der Waals surface area contributed by atoms with E-state index in [1.54, 1.807) is 19.1 Å². The third kappa shape index (κ3) is 7.94. The van der Waals surface area contributed by atoms with Gasteiger partial charge in [0.2, 0.25) is 11.8 Å². The van der Waals surface area contributed by atoms with Gasteiger partial charge in [-0.15, -0.1) is 0 Å². The lowest BCUT2D eigenvalue weighted by Crippen LogP contribution is -2.52. The molecule has 0 heterocycles. The van der Waals surface area contributed by atoms with Gasteiger partial charge in [0, 0.05) is 22.6 Å². The van der Waals surface area contributed by atoms with Crippen LogP contribution in [0.4, 0.5) is 10.1 Å². The van der Waals surface area contributed by atoms with Crippen molar-refractivity contribution in [1.29, 1.82) is 0 Å². The summed E-state index contributed by atoms with van der Waals surface area (Å²) in [5.74, 6) is -1.47. The molecule has 11 heteroatoms. The normalized spacial score (nSPS) is 12.9. The van der Waals surface area contributed by atoms with E-state index >= 15 is 0 Å². The van der Waals surface area contributed by atoms with Gasteiger partial charge in [0.05, 0.1) is 10.6 Å². The first-order valence-corrected chi connectivity index (χ1v) is 14.5. The van der Waals surface area contributed by atoms with Gasteiger partial charge in [0.25, 0.3) is 10.0 Å².